The molecule has 1 saturated carbocycles. The Bertz CT molecular complexity index is 222. The van der Waals surface area contributed by atoms with Crippen LogP contribution in [0.3, 0.4) is 0 Å². The second-order valence-electron chi connectivity index (χ2n) is 3.35. The van der Waals surface area contributed by atoms with Gasteiger partial charge < -0.3 is 4.74 Å². The number of ether oxygens (including phenoxy) is 1. The van der Waals surface area contributed by atoms with Gasteiger partial charge in [-0.05, 0) is 12.8 Å². The standard InChI is InChI=1S/C8H11NO3/c10-7-3-5(8(11)9-7)4-12-6-1-2-6/h5-6H,1-4H2,(H,9,10,11). The lowest BCUT2D eigenvalue weighted by atomic mass is 10.1. The van der Waals surface area contributed by atoms with E-state index in [1.54, 1.807) is 0 Å². The van der Waals surface area contributed by atoms with Gasteiger partial charge in [0.1, 0.15) is 0 Å². The van der Waals surface area contributed by atoms with Crippen LogP contribution in [0.15, 0.2) is 0 Å². The first-order valence-corrected chi connectivity index (χ1v) is 4.21. The average molecular weight is 169 g/mol. The molecule has 1 aliphatic carbocycles. The molecule has 2 amide bonds. The fourth-order valence-electron chi connectivity index (χ4n) is 1.23. The van der Waals surface area contributed by atoms with Crippen LogP contribution in [0.5, 0.6) is 0 Å². The van der Waals surface area contributed by atoms with Crippen molar-refractivity contribution in [2.24, 2.45) is 5.92 Å². The first-order chi connectivity index (χ1) is 5.75. The molecule has 0 aromatic carbocycles. The molecular weight excluding hydrogens is 158 g/mol. The highest BCUT2D eigenvalue weighted by atomic mass is 16.5. The lowest BCUT2D eigenvalue weighted by Gasteiger charge is -2.04. The van der Waals surface area contributed by atoms with E-state index in [4.69, 9.17) is 4.74 Å². The molecule has 0 aromatic rings. The van der Waals surface area contributed by atoms with E-state index in [9.17, 15) is 9.59 Å². The SMILES string of the molecule is O=C1CC(COC2CC2)C(=O)N1. The van der Waals surface area contributed by atoms with Crippen LogP contribution in [-0.2, 0) is 14.3 Å². The summed E-state index contributed by atoms with van der Waals surface area (Å²) in [6.07, 6.45) is 2.85. The van der Waals surface area contributed by atoms with Crippen molar-refractivity contribution in [2.75, 3.05) is 6.61 Å². The molecule has 2 rings (SSSR count). The number of carbonyl (C=O) groups excluding carboxylic acids is 2. The van der Waals surface area contributed by atoms with Crippen molar-refractivity contribution in [3.05, 3.63) is 0 Å². The monoisotopic (exact) mass is 169 g/mol. The normalized spacial score (nSPS) is 29.2. The molecule has 2 fully saturated rings. The first kappa shape index (κ1) is 7.73. The maximum atomic E-state index is 11.0. The van der Waals surface area contributed by atoms with E-state index in [-0.39, 0.29) is 17.7 Å². The quantitative estimate of drug-likeness (QED) is 0.597. The zero-order valence-electron chi connectivity index (χ0n) is 6.71. The highest BCUT2D eigenvalue weighted by Crippen LogP contribution is 2.25. The third-order valence-corrected chi connectivity index (χ3v) is 2.12. The van der Waals surface area contributed by atoms with Crippen molar-refractivity contribution in [2.45, 2.75) is 25.4 Å². The summed E-state index contributed by atoms with van der Waals surface area (Å²) in [4.78, 5) is 21.7. The maximum absolute atomic E-state index is 11.0. The number of rotatable bonds is 3. The smallest absolute Gasteiger partial charge is 0.232 e. The third kappa shape index (κ3) is 1.64. The third-order valence-electron chi connectivity index (χ3n) is 2.12. The summed E-state index contributed by atoms with van der Waals surface area (Å²) in [6.45, 7) is 0.405. The van der Waals surface area contributed by atoms with Crippen molar-refractivity contribution in [3.63, 3.8) is 0 Å². The van der Waals surface area contributed by atoms with Gasteiger partial charge in [-0.2, -0.15) is 0 Å². The van der Waals surface area contributed by atoms with Crippen LogP contribution < -0.4 is 5.32 Å². The van der Waals surface area contributed by atoms with E-state index in [1.807, 2.05) is 0 Å². The molecule has 0 bridgehead atoms. The van der Waals surface area contributed by atoms with Gasteiger partial charge >= 0.3 is 0 Å². The molecule has 1 atom stereocenters. The Kier molecular flexibility index (Phi) is 1.84. The van der Waals surface area contributed by atoms with E-state index >= 15 is 0 Å². The molecule has 4 nitrogen and oxygen atoms in total. The van der Waals surface area contributed by atoms with E-state index < -0.39 is 0 Å². The summed E-state index contributed by atoms with van der Waals surface area (Å²) >= 11 is 0. The van der Waals surface area contributed by atoms with Gasteiger partial charge in [0.2, 0.25) is 11.8 Å². The van der Waals surface area contributed by atoms with Crippen LogP contribution in [0, 0.1) is 5.92 Å². The molecular formula is C8H11NO3. The summed E-state index contributed by atoms with van der Waals surface area (Å²) in [7, 11) is 0. The van der Waals surface area contributed by atoms with Crippen LogP contribution in [0.2, 0.25) is 0 Å². The summed E-state index contributed by atoms with van der Waals surface area (Å²) < 4.78 is 5.34. The lowest BCUT2D eigenvalue weighted by molar-refractivity contribution is -0.126. The maximum Gasteiger partial charge on any atom is 0.232 e. The predicted octanol–water partition coefficient (Wildman–Crippen LogP) is -0.172. The van der Waals surface area contributed by atoms with Crippen LogP contribution in [0.25, 0.3) is 0 Å². The molecule has 12 heavy (non-hydrogen) atoms. The van der Waals surface area contributed by atoms with Crippen LogP contribution in [0.4, 0.5) is 0 Å². The molecule has 0 aromatic heterocycles. The molecule has 1 unspecified atom stereocenters. The number of hydrogen-bond acceptors (Lipinski definition) is 3. The zero-order valence-corrected chi connectivity index (χ0v) is 6.71. The van der Waals surface area contributed by atoms with Crippen molar-refractivity contribution < 1.29 is 14.3 Å². The molecule has 4 heteroatoms. The van der Waals surface area contributed by atoms with E-state index in [0.29, 0.717) is 19.1 Å². The van der Waals surface area contributed by atoms with Crippen molar-refractivity contribution in [3.8, 4) is 0 Å². The van der Waals surface area contributed by atoms with Crippen molar-refractivity contribution >= 4 is 11.8 Å². The fraction of sp³-hybridized carbons (Fsp3) is 0.750. The Morgan fingerprint density at radius 1 is 1.42 bits per heavy atom. The predicted molar refractivity (Wildman–Crippen MR) is 40.2 cm³/mol. The Balaban J connectivity index is 1.78. The van der Waals surface area contributed by atoms with Crippen LogP contribution >= 0.6 is 0 Å². The molecule has 1 aliphatic heterocycles. The minimum absolute atomic E-state index is 0.176. The number of carbonyl (C=O) groups is 2. The van der Waals surface area contributed by atoms with Crippen LogP contribution in [-0.4, -0.2) is 24.5 Å². The molecule has 2 aliphatic rings. The molecule has 1 N–H and O–H groups in total. The molecule has 1 saturated heterocycles. The Morgan fingerprint density at radius 2 is 2.17 bits per heavy atom. The number of hydrogen-bond donors (Lipinski definition) is 1. The minimum atomic E-state index is -0.238. The van der Waals surface area contributed by atoms with E-state index in [0.717, 1.165) is 12.8 Å². The van der Waals surface area contributed by atoms with E-state index in [2.05, 4.69) is 5.32 Å². The van der Waals surface area contributed by atoms with Gasteiger partial charge in [-0.1, -0.05) is 0 Å². The van der Waals surface area contributed by atoms with Gasteiger partial charge in [-0.3, -0.25) is 14.9 Å². The first-order valence-electron chi connectivity index (χ1n) is 4.21. The Labute approximate surface area is 70.3 Å². The summed E-state index contributed by atoms with van der Waals surface area (Å²) in [5, 5.41) is 2.25. The highest BCUT2D eigenvalue weighted by molar-refractivity contribution is 6.03. The van der Waals surface area contributed by atoms with Crippen molar-refractivity contribution in [1.29, 1.82) is 0 Å². The van der Waals surface area contributed by atoms with Crippen molar-refractivity contribution in [1.82, 2.24) is 5.32 Å². The van der Waals surface area contributed by atoms with Gasteiger partial charge in [0.05, 0.1) is 18.6 Å². The zero-order chi connectivity index (χ0) is 8.55. The van der Waals surface area contributed by atoms with Gasteiger partial charge in [0.25, 0.3) is 0 Å². The lowest BCUT2D eigenvalue weighted by Crippen LogP contribution is -2.24. The summed E-state index contributed by atoms with van der Waals surface area (Å²) in [6, 6.07) is 0. The number of amides is 2. The Hall–Kier alpha value is -0.900. The number of imide groups is 1. The van der Waals surface area contributed by atoms with Gasteiger partial charge in [0, 0.05) is 6.42 Å². The molecule has 66 valence electrons. The number of nitrogens with one attached hydrogen (secondary N) is 1. The topological polar surface area (TPSA) is 55.4 Å². The second-order valence-corrected chi connectivity index (χ2v) is 3.35. The Morgan fingerprint density at radius 3 is 2.67 bits per heavy atom. The second kappa shape index (κ2) is 2.86. The largest absolute Gasteiger partial charge is 0.377 e. The highest BCUT2D eigenvalue weighted by Gasteiger charge is 2.32. The average Bonchev–Trinajstić information content (AvgIpc) is 2.76. The van der Waals surface area contributed by atoms with Gasteiger partial charge in [-0.15, -0.1) is 0 Å². The van der Waals surface area contributed by atoms with Gasteiger partial charge in [0.15, 0.2) is 0 Å². The molecule has 0 radical (unpaired) electrons. The molecule has 1 heterocycles. The fourth-order valence-corrected chi connectivity index (χ4v) is 1.23. The van der Waals surface area contributed by atoms with Crippen LogP contribution in [0.1, 0.15) is 19.3 Å². The summed E-state index contributed by atoms with van der Waals surface area (Å²) in [5.41, 5.74) is 0. The van der Waals surface area contributed by atoms with Gasteiger partial charge in [-0.25, -0.2) is 0 Å². The van der Waals surface area contributed by atoms with E-state index in [1.165, 1.54) is 0 Å². The summed E-state index contributed by atoms with van der Waals surface area (Å²) in [5.74, 6) is -0.594. The minimum Gasteiger partial charge on any atom is -0.377 e. The molecule has 0 spiro atoms.